The number of piperazine rings is 1. The molecule has 51 heavy (non-hydrogen) atoms. The molecule has 0 radical (unpaired) electrons. The van der Waals surface area contributed by atoms with Crippen LogP contribution in [0.1, 0.15) is 45.9 Å². The molecule has 1 aromatic heterocycles. The molecule has 5 aromatic rings. The number of para-hydroxylation sites is 2. The fourth-order valence-electron chi connectivity index (χ4n) is 7.52. The summed E-state index contributed by atoms with van der Waals surface area (Å²) in [7, 11) is -3.98. The zero-order chi connectivity index (χ0) is 35.7. The molecular formula is C39H41ClN4O6S. The second-order valence-electron chi connectivity index (χ2n) is 13.2. The number of halogens is 1. The normalized spacial score (nSPS) is 17.1. The summed E-state index contributed by atoms with van der Waals surface area (Å²) in [5.74, 6) is -0.603. The number of anilines is 1. The van der Waals surface area contributed by atoms with Gasteiger partial charge in [0.15, 0.2) is 6.23 Å². The lowest BCUT2D eigenvalue weighted by molar-refractivity contribution is 0.0190. The summed E-state index contributed by atoms with van der Waals surface area (Å²) >= 11 is 6.56. The van der Waals surface area contributed by atoms with E-state index in [1.165, 1.54) is 4.90 Å². The predicted octanol–water partition coefficient (Wildman–Crippen LogP) is 6.25. The van der Waals surface area contributed by atoms with Crippen LogP contribution in [0.2, 0.25) is 5.02 Å². The SMILES string of the molecule is CS(=O)(=O)OC1CN(c2ccccc2Cl)CCN1C(=O)c1c(C(c2ccc(O)cc2)c2ccc(O)cc2)c2ccccc2n1CCN1CCCC1. The minimum Gasteiger partial charge on any atom is -0.508 e. The molecule has 1 amide bonds. The Morgan fingerprint density at radius 1 is 0.824 bits per heavy atom. The molecule has 266 valence electrons. The van der Waals surface area contributed by atoms with Crippen molar-refractivity contribution in [3.05, 3.63) is 124 Å². The highest BCUT2D eigenvalue weighted by Gasteiger charge is 2.39. The van der Waals surface area contributed by atoms with Gasteiger partial charge in [0.05, 0.1) is 23.5 Å². The Balaban J connectivity index is 1.41. The fourth-order valence-corrected chi connectivity index (χ4v) is 8.35. The van der Waals surface area contributed by atoms with Crippen molar-refractivity contribution in [3.63, 3.8) is 0 Å². The van der Waals surface area contributed by atoms with Crippen LogP contribution >= 0.6 is 11.6 Å². The van der Waals surface area contributed by atoms with E-state index in [0.29, 0.717) is 23.8 Å². The molecule has 2 aliphatic heterocycles. The van der Waals surface area contributed by atoms with Gasteiger partial charge < -0.3 is 29.5 Å². The molecule has 1 unspecified atom stereocenters. The van der Waals surface area contributed by atoms with Crippen LogP contribution in [0.25, 0.3) is 10.9 Å². The van der Waals surface area contributed by atoms with Crippen molar-refractivity contribution in [2.45, 2.75) is 31.5 Å². The molecule has 2 saturated heterocycles. The molecular weight excluding hydrogens is 688 g/mol. The quantitative estimate of drug-likeness (QED) is 0.162. The molecule has 0 spiro atoms. The number of hydrogen-bond acceptors (Lipinski definition) is 8. The average molecular weight is 729 g/mol. The van der Waals surface area contributed by atoms with Crippen LogP contribution in [0.3, 0.4) is 0 Å². The first-order valence-corrected chi connectivity index (χ1v) is 19.4. The first kappa shape index (κ1) is 34.9. The van der Waals surface area contributed by atoms with Crippen LogP contribution in [-0.2, 0) is 20.8 Å². The summed E-state index contributed by atoms with van der Waals surface area (Å²) in [4.78, 5) is 21.3. The number of aromatic nitrogens is 1. The van der Waals surface area contributed by atoms with E-state index in [0.717, 1.165) is 72.0 Å². The number of rotatable bonds is 10. The van der Waals surface area contributed by atoms with Crippen LogP contribution in [0.5, 0.6) is 11.5 Å². The summed E-state index contributed by atoms with van der Waals surface area (Å²) in [6.45, 7) is 3.94. The maximum absolute atomic E-state index is 15.4. The van der Waals surface area contributed by atoms with Gasteiger partial charge in [-0.25, -0.2) is 4.18 Å². The van der Waals surface area contributed by atoms with Gasteiger partial charge in [0.1, 0.15) is 17.2 Å². The van der Waals surface area contributed by atoms with Crippen molar-refractivity contribution < 1.29 is 27.6 Å². The number of fused-ring (bicyclic) bond motifs is 1. The van der Waals surface area contributed by atoms with Crippen molar-refractivity contribution in [1.82, 2.24) is 14.4 Å². The van der Waals surface area contributed by atoms with Gasteiger partial charge >= 0.3 is 0 Å². The van der Waals surface area contributed by atoms with Gasteiger partial charge in [-0.3, -0.25) is 4.79 Å². The summed E-state index contributed by atoms with van der Waals surface area (Å²) in [5, 5.41) is 21.9. The van der Waals surface area contributed by atoms with Crippen molar-refractivity contribution in [2.75, 3.05) is 50.4 Å². The molecule has 2 fully saturated rings. The lowest BCUT2D eigenvalue weighted by Gasteiger charge is -2.41. The number of carbonyl (C=O) groups is 1. The fraction of sp³-hybridized carbons (Fsp3) is 0.308. The largest absolute Gasteiger partial charge is 0.508 e. The molecule has 12 heteroatoms. The van der Waals surface area contributed by atoms with Gasteiger partial charge in [-0.1, -0.05) is 66.2 Å². The lowest BCUT2D eigenvalue weighted by atomic mass is 9.83. The Hall–Kier alpha value is -4.55. The van der Waals surface area contributed by atoms with E-state index in [1.807, 2.05) is 71.6 Å². The number of aromatic hydroxyl groups is 2. The lowest BCUT2D eigenvalue weighted by Crippen LogP contribution is -2.57. The number of carbonyl (C=O) groups excluding carboxylic acids is 1. The highest BCUT2D eigenvalue weighted by Crippen LogP contribution is 2.42. The molecule has 0 saturated carbocycles. The van der Waals surface area contributed by atoms with E-state index >= 15 is 4.79 Å². The molecule has 2 N–H and O–H groups in total. The smallest absolute Gasteiger partial charge is 0.273 e. The Morgan fingerprint density at radius 3 is 2.06 bits per heavy atom. The highest BCUT2D eigenvalue weighted by molar-refractivity contribution is 7.86. The number of phenolic OH excluding ortho intramolecular Hbond substituents is 2. The van der Waals surface area contributed by atoms with Crippen LogP contribution in [-0.4, -0.2) is 90.7 Å². The molecule has 4 aromatic carbocycles. The Morgan fingerprint density at radius 2 is 1.43 bits per heavy atom. The van der Waals surface area contributed by atoms with Crippen molar-refractivity contribution >= 4 is 44.2 Å². The van der Waals surface area contributed by atoms with E-state index < -0.39 is 22.3 Å². The van der Waals surface area contributed by atoms with Crippen LogP contribution in [0.15, 0.2) is 97.1 Å². The number of hydrogen-bond donors (Lipinski definition) is 2. The average Bonchev–Trinajstić information content (AvgIpc) is 3.75. The summed E-state index contributed by atoms with van der Waals surface area (Å²) in [6, 6.07) is 29.2. The predicted molar refractivity (Wildman–Crippen MR) is 199 cm³/mol. The van der Waals surface area contributed by atoms with E-state index in [4.69, 9.17) is 15.8 Å². The van der Waals surface area contributed by atoms with Crippen molar-refractivity contribution in [2.24, 2.45) is 0 Å². The zero-order valence-electron chi connectivity index (χ0n) is 28.4. The van der Waals surface area contributed by atoms with E-state index in [9.17, 15) is 18.6 Å². The van der Waals surface area contributed by atoms with E-state index in [2.05, 4.69) is 9.47 Å². The molecule has 2 aliphatic rings. The summed E-state index contributed by atoms with van der Waals surface area (Å²) in [5.41, 5.74) is 4.47. The molecule has 10 nitrogen and oxygen atoms in total. The van der Waals surface area contributed by atoms with Gasteiger partial charge in [-0.05, 0) is 79.5 Å². The number of phenols is 2. The standard InChI is InChI=1S/C39H41ClN4O6S/c1-51(48,49)50-35-26-42(34-11-5-3-9-32(34)40)23-25-44(35)39(47)38-37(31-8-2-4-10-33(31)43(38)24-22-41-20-6-7-21-41)36(27-12-16-29(45)17-13-27)28-14-18-30(46)19-15-28/h2-5,8-19,35-36,45-46H,6-7,20-26H2,1H3. The van der Waals surface area contributed by atoms with Crippen molar-refractivity contribution in [1.29, 1.82) is 0 Å². The molecule has 1 atom stereocenters. The maximum atomic E-state index is 15.4. The van der Waals surface area contributed by atoms with Crippen molar-refractivity contribution in [3.8, 4) is 11.5 Å². The van der Waals surface area contributed by atoms with E-state index in [-0.39, 0.29) is 30.5 Å². The van der Waals surface area contributed by atoms with Gasteiger partial charge in [0, 0.05) is 48.6 Å². The zero-order valence-corrected chi connectivity index (χ0v) is 29.9. The minimum absolute atomic E-state index is 0.0885. The van der Waals surface area contributed by atoms with E-state index in [1.54, 1.807) is 30.3 Å². The molecule has 7 rings (SSSR count). The van der Waals surface area contributed by atoms with Gasteiger partial charge in [-0.15, -0.1) is 0 Å². The highest BCUT2D eigenvalue weighted by atomic mass is 35.5. The maximum Gasteiger partial charge on any atom is 0.273 e. The number of amides is 1. The minimum atomic E-state index is -3.98. The van der Waals surface area contributed by atoms with Crippen LogP contribution in [0.4, 0.5) is 5.69 Å². The number of benzene rings is 4. The second kappa shape index (κ2) is 14.6. The number of nitrogens with zero attached hydrogens (tertiary/aromatic N) is 4. The summed E-state index contributed by atoms with van der Waals surface area (Å²) in [6.07, 6.45) is 2.13. The topological polar surface area (TPSA) is 116 Å². The third kappa shape index (κ3) is 7.43. The Labute approximate surface area is 303 Å². The summed E-state index contributed by atoms with van der Waals surface area (Å²) < 4.78 is 33.2. The monoisotopic (exact) mass is 728 g/mol. The first-order valence-electron chi connectivity index (χ1n) is 17.2. The Kier molecular flexibility index (Phi) is 9.98. The Bertz CT molecular complexity index is 2090. The van der Waals surface area contributed by atoms with Crippen LogP contribution < -0.4 is 4.90 Å². The van der Waals surface area contributed by atoms with Gasteiger partial charge in [0.25, 0.3) is 16.0 Å². The molecule has 0 aliphatic carbocycles. The second-order valence-corrected chi connectivity index (χ2v) is 15.3. The van der Waals surface area contributed by atoms with Gasteiger partial charge in [0.2, 0.25) is 0 Å². The molecule has 3 heterocycles. The third-order valence-corrected chi connectivity index (χ3v) is 10.8. The third-order valence-electron chi connectivity index (χ3n) is 9.87. The van der Waals surface area contributed by atoms with Crippen LogP contribution in [0, 0.1) is 0 Å². The first-order chi connectivity index (χ1) is 24.6. The van der Waals surface area contributed by atoms with Gasteiger partial charge in [-0.2, -0.15) is 8.42 Å². The molecule has 0 bridgehead atoms. The number of likely N-dealkylation sites (tertiary alicyclic amines) is 1.